The Balaban J connectivity index is 0.830. The fourth-order valence-corrected chi connectivity index (χ4v) is 11.0. The van der Waals surface area contributed by atoms with Crippen LogP contribution in [0.15, 0.2) is 30.3 Å². The van der Waals surface area contributed by atoms with E-state index < -0.39 is 0 Å². The standard InChI is InChI=1S/C43H56N2O6/c1-27-16-20-36-38(22-27)42(48)44(40(36)46)30-10-5-12-32(24-30)50-34-14-7-15-35(26-34)51-33-13-6-11-31(25-33)45-41(47)37-21-19-29(23-39(37)43(45)49)18-17-28-8-3-2-4-9-28/h2-4,8-9,27,29-39H,5-7,10-16,19-26H2,1H3. The second-order valence-electron chi connectivity index (χ2n) is 17.2. The molecule has 2 aliphatic heterocycles. The molecule has 5 saturated carbocycles. The van der Waals surface area contributed by atoms with E-state index in [2.05, 4.69) is 18.8 Å². The molecule has 2 heterocycles. The van der Waals surface area contributed by atoms with Gasteiger partial charge < -0.3 is 9.47 Å². The molecule has 12 unspecified atom stereocenters. The van der Waals surface area contributed by atoms with Gasteiger partial charge in [0.2, 0.25) is 23.6 Å². The molecule has 8 heteroatoms. The molecule has 0 spiro atoms. The van der Waals surface area contributed by atoms with Gasteiger partial charge in [-0.2, -0.15) is 0 Å². The third kappa shape index (κ3) is 7.32. The number of hydrogen-bond donors (Lipinski definition) is 0. The molecule has 2 saturated heterocycles. The number of amides is 4. The summed E-state index contributed by atoms with van der Waals surface area (Å²) >= 11 is 0. The maximum Gasteiger partial charge on any atom is 0.233 e. The first-order chi connectivity index (χ1) is 24.8. The molecule has 0 radical (unpaired) electrons. The third-order valence-electron chi connectivity index (χ3n) is 13.7. The highest BCUT2D eigenvalue weighted by molar-refractivity contribution is 6.06. The van der Waals surface area contributed by atoms with E-state index in [4.69, 9.17) is 9.47 Å². The van der Waals surface area contributed by atoms with Crippen molar-refractivity contribution in [3.63, 3.8) is 0 Å². The summed E-state index contributed by atoms with van der Waals surface area (Å²) in [4.78, 5) is 57.5. The third-order valence-corrected chi connectivity index (χ3v) is 13.7. The van der Waals surface area contributed by atoms with Crippen LogP contribution in [-0.4, -0.2) is 69.9 Å². The van der Waals surface area contributed by atoms with Crippen LogP contribution in [0.25, 0.3) is 0 Å². The van der Waals surface area contributed by atoms with Crippen LogP contribution in [0.2, 0.25) is 0 Å². The van der Waals surface area contributed by atoms with Gasteiger partial charge in [0, 0.05) is 23.6 Å². The quantitative estimate of drug-likeness (QED) is 0.239. The van der Waals surface area contributed by atoms with Gasteiger partial charge in [0.05, 0.1) is 48.1 Å². The van der Waals surface area contributed by atoms with Gasteiger partial charge in [0.15, 0.2) is 0 Å². The van der Waals surface area contributed by atoms with Gasteiger partial charge in [-0.3, -0.25) is 29.0 Å². The molecule has 274 valence electrons. The van der Waals surface area contributed by atoms with Crippen LogP contribution in [0, 0.1) is 47.3 Å². The van der Waals surface area contributed by atoms with E-state index in [1.54, 1.807) is 9.80 Å². The number of imide groups is 2. The zero-order valence-corrected chi connectivity index (χ0v) is 30.4. The van der Waals surface area contributed by atoms with Gasteiger partial charge in [-0.25, -0.2) is 0 Å². The van der Waals surface area contributed by atoms with Crippen molar-refractivity contribution in [3.05, 3.63) is 35.9 Å². The number of rotatable bonds is 6. The number of fused-ring (bicyclic) bond motifs is 2. The van der Waals surface area contributed by atoms with E-state index in [9.17, 15) is 19.2 Å². The second-order valence-corrected chi connectivity index (χ2v) is 17.2. The van der Waals surface area contributed by atoms with Gasteiger partial charge in [0.25, 0.3) is 0 Å². The zero-order chi connectivity index (χ0) is 35.1. The fraction of sp³-hybridized carbons (Fsp3) is 0.721. The van der Waals surface area contributed by atoms with Crippen molar-refractivity contribution in [1.82, 2.24) is 9.80 Å². The number of hydrogen-bond acceptors (Lipinski definition) is 6. The predicted molar refractivity (Wildman–Crippen MR) is 192 cm³/mol. The first-order valence-corrected chi connectivity index (χ1v) is 20.4. The highest BCUT2D eigenvalue weighted by Gasteiger charge is 2.53. The summed E-state index contributed by atoms with van der Waals surface area (Å²) in [6.45, 7) is 2.20. The lowest BCUT2D eigenvalue weighted by Gasteiger charge is -2.39. The summed E-state index contributed by atoms with van der Waals surface area (Å²) in [5, 5.41) is 0. The minimum Gasteiger partial charge on any atom is -0.375 e. The summed E-state index contributed by atoms with van der Waals surface area (Å²) in [5.41, 5.74) is 0.987. The molecule has 1 aromatic carbocycles. The summed E-state index contributed by atoms with van der Waals surface area (Å²) < 4.78 is 13.5. The normalized spacial score (nSPS) is 40.1. The number of benzene rings is 1. The number of likely N-dealkylation sites (tertiary alicyclic amines) is 2. The van der Waals surface area contributed by atoms with Crippen LogP contribution in [0.3, 0.4) is 0 Å². The Morgan fingerprint density at radius 1 is 0.529 bits per heavy atom. The fourth-order valence-electron chi connectivity index (χ4n) is 11.0. The topological polar surface area (TPSA) is 93.2 Å². The summed E-state index contributed by atoms with van der Waals surface area (Å²) in [5.74, 6) is 6.89. The Kier molecular flexibility index (Phi) is 10.4. The van der Waals surface area contributed by atoms with Crippen molar-refractivity contribution in [2.75, 3.05) is 0 Å². The molecule has 8 nitrogen and oxygen atoms in total. The van der Waals surface area contributed by atoms with Crippen molar-refractivity contribution < 1.29 is 28.7 Å². The van der Waals surface area contributed by atoms with Crippen LogP contribution in [0.1, 0.15) is 128 Å². The smallest absolute Gasteiger partial charge is 0.233 e. The van der Waals surface area contributed by atoms with Crippen LogP contribution >= 0.6 is 0 Å². The lowest BCUT2D eigenvalue weighted by molar-refractivity contribution is -0.146. The Bertz CT molecular complexity index is 1530. The van der Waals surface area contributed by atoms with Gasteiger partial charge in [-0.1, -0.05) is 37.0 Å². The molecule has 1 aromatic rings. The molecule has 12 atom stereocenters. The molecule has 7 fully saturated rings. The molecule has 0 N–H and O–H groups in total. The average molecular weight is 697 g/mol. The summed E-state index contributed by atoms with van der Waals surface area (Å²) in [6, 6.07) is 9.85. The zero-order valence-electron chi connectivity index (χ0n) is 30.4. The molecular formula is C43H56N2O6. The maximum absolute atomic E-state index is 13.8. The molecule has 7 aliphatic rings. The van der Waals surface area contributed by atoms with Gasteiger partial charge >= 0.3 is 0 Å². The van der Waals surface area contributed by atoms with E-state index >= 15 is 0 Å². The lowest BCUT2D eigenvalue weighted by atomic mass is 9.75. The van der Waals surface area contributed by atoms with E-state index in [0.29, 0.717) is 12.3 Å². The Morgan fingerprint density at radius 3 is 1.61 bits per heavy atom. The van der Waals surface area contributed by atoms with E-state index in [1.807, 2.05) is 30.3 Å². The number of nitrogens with zero attached hydrogens (tertiary/aromatic N) is 2. The van der Waals surface area contributed by atoms with Crippen molar-refractivity contribution in [1.29, 1.82) is 0 Å². The summed E-state index contributed by atoms with van der Waals surface area (Å²) in [6.07, 6.45) is 16.3. The molecule has 51 heavy (non-hydrogen) atoms. The van der Waals surface area contributed by atoms with E-state index in [0.717, 1.165) is 115 Å². The number of carbonyl (C=O) groups is 4. The van der Waals surface area contributed by atoms with E-state index in [1.165, 1.54) is 0 Å². The molecular weight excluding hydrogens is 640 g/mol. The second kappa shape index (κ2) is 15.1. The SMILES string of the molecule is CC1CCC2C(=O)N(C3CCCC(OC4CCCC(OC5CCCC(N6C(=O)C7CCC(C#Cc8ccccc8)CC7C6=O)C5)C4)C3)C(=O)C2C1. The largest absolute Gasteiger partial charge is 0.375 e. The Morgan fingerprint density at radius 2 is 1.02 bits per heavy atom. The monoisotopic (exact) mass is 696 g/mol. The van der Waals surface area contributed by atoms with Gasteiger partial charge in [-0.05, 0) is 134 Å². The van der Waals surface area contributed by atoms with Crippen LogP contribution in [0.5, 0.6) is 0 Å². The van der Waals surface area contributed by atoms with Gasteiger partial charge in [0.1, 0.15) is 0 Å². The average Bonchev–Trinajstić information content (AvgIpc) is 3.54. The molecule has 4 amide bonds. The molecule has 5 aliphatic carbocycles. The van der Waals surface area contributed by atoms with Crippen molar-refractivity contribution in [2.45, 2.75) is 159 Å². The highest BCUT2D eigenvalue weighted by atomic mass is 16.5. The van der Waals surface area contributed by atoms with E-state index in [-0.39, 0.29) is 89.7 Å². The Hall–Kier alpha value is -3.02. The lowest BCUT2D eigenvalue weighted by Crippen LogP contribution is -2.46. The van der Waals surface area contributed by atoms with Crippen molar-refractivity contribution in [2.24, 2.45) is 35.5 Å². The maximum atomic E-state index is 13.8. The number of carbonyl (C=O) groups excluding carboxylic acids is 4. The molecule has 0 bridgehead atoms. The van der Waals surface area contributed by atoms with Crippen LogP contribution in [-0.2, 0) is 28.7 Å². The minimum atomic E-state index is -0.243. The minimum absolute atomic E-state index is 0.0180. The highest BCUT2D eigenvalue weighted by Crippen LogP contribution is 2.45. The van der Waals surface area contributed by atoms with Crippen LogP contribution in [0.4, 0.5) is 0 Å². The molecule has 8 rings (SSSR count). The van der Waals surface area contributed by atoms with Crippen molar-refractivity contribution in [3.8, 4) is 11.8 Å². The van der Waals surface area contributed by atoms with Crippen LogP contribution < -0.4 is 0 Å². The number of ether oxygens (including phenoxy) is 2. The van der Waals surface area contributed by atoms with Crippen molar-refractivity contribution >= 4 is 23.6 Å². The summed E-state index contributed by atoms with van der Waals surface area (Å²) in [7, 11) is 0. The predicted octanol–water partition coefficient (Wildman–Crippen LogP) is 6.83. The van der Waals surface area contributed by atoms with Gasteiger partial charge in [-0.15, -0.1) is 0 Å². The first kappa shape index (κ1) is 35.0. The molecule has 0 aromatic heterocycles. The Labute approximate surface area is 303 Å². The first-order valence-electron chi connectivity index (χ1n) is 20.4.